The number of rotatable bonds is 4. The van der Waals surface area contributed by atoms with Gasteiger partial charge in [-0.25, -0.2) is 0 Å². The fraction of sp³-hybridized carbons (Fsp3) is 0.833. The molecule has 0 saturated heterocycles. The van der Waals surface area contributed by atoms with Gasteiger partial charge in [-0.3, -0.25) is 9.79 Å². The zero-order valence-electron chi connectivity index (χ0n) is 12.6. The third-order valence-electron chi connectivity index (χ3n) is 2.37. The highest BCUT2D eigenvalue weighted by molar-refractivity contribution is 14.0. The van der Waals surface area contributed by atoms with Crippen molar-refractivity contribution < 1.29 is 4.79 Å². The van der Waals surface area contributed by atoms with Crippen LogP contribution >= 0.6 is 24.0 Å². The van der Waals surface area contributed by atoms with Gasteiger partial charge in [0, 0.05) is 34.7 Å². The Balaban J connectivity index is 0. The number of nitrogens with one attached hydrogen (secondary N) is 1. The molecule has 0 aromatic carbocycles. The van der Waals surface area contributed by atoms with Crippen LogP contribution in [0.1, 0.15) is 20.8 Å². The maximum atomic E-state index is 11.8. The standard InChI is InChI=1S/C12H26N4O.HI/c1-8-13-10(17)12(2,3)9-14-11(15(4)5)16(6)7;/h8-9H2,1-7H3,(H,13,17);1H. The smallest absolute Gasteiger partial charge is 0.227 e. The van der Waals surface area contributed by atoms with Crippen LogP contribution in [0, 0.1) is 5.41 Å². The van der Waals surface area contributed by atoms with Crippen LogP contribution in [0.15, 0.2) is 4.99 Å². The van der Waals surface area contributed by atoms with E-state index >= 15 is 0 Å². The highest BCUT2D eigenvalue weighted by atomic mass is 127. The Morgan fingerprint density at radius 1 is 1.17 bits per heavy atom. The number of guanidine groups is 1. The number of aliphatic imine (C=N–C) groups is 1. The van der Waals surface area contributed by atoms with Gasteiger partial charge in [0.25, 0.3) is 0 Å². The van der Waals surface area contributed by atoms with Crippen LogP contribution in [0.4, 0.5) is 0 Å². The van der Waals surface area contributed by atoms with Crippen molar-refractivity contribution in [2.24, 2.45) is 10.4 Å². The summed E-state index contributed by atoms with van der Waals surface area (Å²) < 4.78 is 0. The Bertz CT molecular complexity index is 278. The number of nitrogens with zero attached hydrogens (tertiary/aromatic N) is 3. The highest BCUT2D eigenvalue weighted by Gasteiger charge is 2.27. The Kier molecular flexibility index (Phi) is 9.41. The van der Waals surface area contributed by atoms with Crippen molar-refractivity contribution in [1.29, 1.82) is 0 Å². The second kappa shape index (κ2) is 8.55. The summed E-state index contributed by atoms with van der Waals surface area (Å²) in [6.07, 6.45) is 0. The maximum absolute atomic E-state index is 11.8. The molecule has 0 heterocycles. The molecule has 0 saturated carbocycles. The zero-order chi connectivity index (χ0) is 13.6. The van der Waals surface area contributed by atoms with Gasteiger partial charge in [-0.1, -0.05) is 0 Å². The van der Waals surface area contributed by atoms with Crippen molar-refractivity contribution in [3.63, 3.8) is 0 Å². The number of hydrogen-bond acceptors (Lipinski definition) is 2. The summed E-state index contributed by atoms with van der Waals surface area (Å²) in [4.78, 5) is 20.2. The summed E-state index contributed by atoms with van der Waals surface area (Å²) in [6.45, 7) is 6.86. The van der Waals surface area contributed by atoms with Gasteiger partial charge in [0.2, 0.25) is 5.91 Å². The first-order valence-electron chi connectivity index (χ1n) is 5.89. The predicted molar refractivity (Wildman–Crippen MR) is 87.6 cm³/mol. The van der Waals surface area contributed by atoms with Gasteiger partial charge in [0.05, 0.1) is 12.0 Å². The van der Waals surface area contributed by atoms with E-state index in [1.54, 1.807) is 0 Å². The number of halogens is 1. The highest BCUT2D eigenvalue weighted by Crippen LogP contribution is 2.15. The number of hydrogen-bond donors (Lipinski definition) is 1. The van der Waals surface area contributed by atoms with E-state index in [9.17, 15) is 4.79 Å². The molecular weight excluding hydrogens is 343 g/mol. The van der Waals surface area contributed by atoms with Crippen molar-refractivity contribution >= 4 is 35.8 Å². The third kappa shape index (κ3) is 6.42. The van der Waals surface area contributed by atoms with Gasteiger partial charge in [-0.2, -0.15) is 0 Å². The van der Waals surface area contributed by atoms with E-state index in [1.165, 1.54) is 0 Å². The fourth-order valence-electron chi connectivity index (χ4n) is 1.42. The van der Waals surface area contributed by atoms with E-state index in [-0.39, 0.29) is 29.9 Å². The van der Waals surface area contributed by atoms with Gasteiger partial charge < -0.3 is 15.1 Å². The molecule has 18 heavy (non-hydrogen) atoms. The van der Waals surface area contributed by atoms with Crippen LogP contribution in [0.3, 0.4) is 0 Å². The van der Waals surface area contributed by atoms with Crippen molar-refractivity contribution in [2.75, 3.05) is 41.3 Å². The molecule has 0 rings (SSSR count). The summed E-state index contributed by atoms with van der Waals surface area (Å²) in [5.41, 5.74) is -0.479. The first-order valence-corrected chi connectivity index (χ1v) is 5.89. The first-order chi connectivity index (χ1) is 7.72. The minimum atomic E-state index is -0.479. The molecule has 0 bridgehead atoms. The maximum Gasteiger partial charge on any atom is 0.227 e. The molecule has 108 valence electrons. The molecular formula is C12H27IN4O. The molecule has 0 spiro atoms. The molecule has 6 heteroatoms. The van der Waals surface area contributed by atoms with Crippen LogP contribution in [0.25, 0.3) is 0 Å². The lowest BCUT2D eigenvalue weighted by Crippen LogP contribution is -2.41. The lowest BCUT2D eigenvalue weighted by atomic mass is 9.92. The average molecular weight is 370 g/mol. The molecule has 0 aromatic heterocycles. The number of amides is 1. The van der Waals surface area contributed by atoms with Crippen molar-refractivity contribution in [2.45, 2.75) is 20.8 Å². The van der Waals surface area contributed by atoms with Crippen LogP contribution in [-0.2, 0) is 4.79 Å². The Labute approximate surface area is 128 Å². The van der Waals surface area contributed by atoms with E-state index < -0.39 is 5.41 Å². The topological polar surface area (TPSA) is 47.9 Å². The largest absolute Gasteiger partial charge is 0.356 e. The number of carbonyl (C=O) groups is 1. The minimum absolute atomic E-state index is 0. The van der Waals surface area contributed by atoms with Crippen LogP contribution < -0.4 is 5.32 Å². The zero-order valence-corrected chi connectivity index (χ0v) is 14.9. The van der Waals surface area contributed by atoms with E-state index in [0.29, 0.717) is 13.1 Å². The summed E-state index contributed by atoms with van der Waals surface area (Å²) in [7, 11) is 7.77. The summed E-state index contributed by atoms with van der Waals surface area (Å²) >= 11 is 0. The Morgan fingerprint density at radius 2 is 1.61 bits per heavy atom. The van der Waals surface area contributed by atoms with Crippen molar-refractivity contribution in [3.8, 4) is 0 Å². The quantitative estimate of drug-likeness (QED) is 0.460. The summed E-state index contributed by atoms with van der Waals surface area (Å²) in [6, 6.07) is 0. The lowest BCUT2D eigenvalue weighted by Gasteiger charge is -2.26. The second-order valence-electron chi connectivity index (χ2n) is 5.15. The molecule has 0 aliphatic heterocycles. The van der Waals surface area contributed by atoms with E-state index in [0.717, 1.165) is 5.96 Å². The molecule has 0 fully saturated rings. The second-order valence-corrected chi connectivity index (χ2v) is 5.15. The predicted octanol–water partition coefficient (Wildman–Crippen LogP) is 1.25. The molecule has 0 atom stereocenters. The summed E-state index contributed by atoms with van der Waals surface area (Å²) in [5.74, 6) is 0.906. The Hall–Kier alpha value is -0.530. The molecule has 0 aliphatic rings. The van der Waals surface area contributed by atoms with Crippen LogP contribution in [0.2, 0.25) is 0 Å². The van der Waals surface area contributed by atoms with Gasteiger partial charge in [-0.05, 0) is 20.8 Å². The molecule has 1 amide bonds. The van der Waals surface area contributed by atoms with Crippen molar-refractivity contribution in [1.82, 2.24) is 15.1 Å². The van der Waals surface area contributed by atoms with E-state index in [2.05, 4.69) is 10.3 Å². The SMILES string of the molecule is CCNC(=O)C(C)(C)CN=C(N(C)C)N(C)C.I. The van der Waals surface area contributed by atoms with Crippen molar-refractivity contribution in [3.05, 3.63) is 0 Å². The molecule has 0 aliphatic carbocycles. The first kappa shape index (κ1) is 19.8. The molecule has 1 N–H and O–H groups in total. The van der Waals surface area contributed by atoms with E-state index in [4.69, 9.17) is 0 Å². The lowest BCUT2D eigenvalue weighted by molar-refractivity contribution is -0.128. The minimum Gasteiger partial charge on any atom is -0.356 e. The normalized spacial score (nSPS) is 10.2. The van der Waals surface area contributed by atoms with Gasteiger partial charge >= 0.3 is 0 Å². The van der Waals surface area contributed by atoms with E-state index in [1.807, 2.05) is 58.8 Å². The van der Waals surface area contributed by atoms with Gasteiger partial charge in [0.1, 0.15) is 0 Å². The molecule has 0 aromatic rings. The average Bonchev–Trinajstić information content (AvgIpc) is 2.16. The van der Waals surface area contributed by atoms with Gasteiger partial charge in [0.15, 0.2) is 5.96 Å². The molecule has 5 nitrogen and oxygen atoms in total. The van der Waals surface area contributed by atoms with Crippen LogP contribution in [0.5, 0.6) is 0 Å². The Morgan fingerprint density at radius 3 is 1.94 bits per heavy atom. The number of carbonyl (C=O) groups excluding carboxylic acids is 1. The van der Waals surface area contributed by atoms with Crippen LogP contribution in [-0.4, -0.2) is 62.9 Å². The molecule has 0 radical (unpaired) electrons. The third-order valence-corrected chi connectivity index (χ3v) is 2.37. The fourth-order valence-corrected chi connectivity index (χ4v) is 1.42. The summed E-state index contributed by atoms with van der Waals surface area (Å²) in [5, 5.41) is 2.83. The van der Waals surface area contributed by atoms with Gasteiger partial charge in [-0.15, -0.1) is 24.0 Å². The molecule has 0 unspecified atom stereocenters. The monoisotopic (exact) mass is 370 g/mol.